The van der Waals surface area contributed by atoms with E-state index in [0.717, 1.165) is 66.3 Å². The van der Waals surface area contributed by atoms with Crippen molar-refractivity contribution in [3.8, 4) is 28.0 Å². The first-order valence-electron chi connectivity index (χ1n) is 22.1. The van der Waals surface area contributed by atoms with Gasteiger partial charge in [-0.15, -0.1) is 0 Å². The van der Waals surface area contributed by atoms with E-state index in [1.54, 1.807) is 37.4 Å². The minimum absolute atomic E-state index is 0.00530. The molecule has 16 heteroatoms. The summed E-state index contributed by atoms with van der Waals surface area (Å²) in [7, 11) is -9.68. The average Bonchev–Trinajstić information content (AvgIpc) is 3.34. The maximum atomic E-state index is 13.5. The fraction of sp³-hybridized carbons (Fsp3) is 0.280. The number of nitrogens with one attached hydrogen (secondary N) is 2. The van der Waals surface area contributed by atoms with Crippen molar-refractivity contribution in [3.63, 3.8) is 0 Å². The molecule has 1 amide bonds. The number of amides is 1. The zero-order chi connectivity index (χ0) is 46.3. The molecule has 1 aliphatic carbocycles. The first-order chi connectivity index (χ1) is 31.8. The molecule has 1 aliphatic heterocycles. The fourth-order valence-electron chi connectivity index (χ4n) is 8.63. The van der Waals surface area contributed by atoms with Crippen LogP contribution in [0, 0.1) is 5.92 Å². The molecule has 0 atom stereocenters. The van der Waals surface area contributed by atoms with Gasteiger partial charge in [0.1, 0.15) is 16.5 Å². The van der Waals surface area contributed by atoms with E-state index in [4.69, 9.17) is 4.74 Å². The third-order valence-electron chi connectivity index (χ3n) is 12.4. The summed E-state index contributed by atoms with van der Waals surface area (Å²) in [4.78, 5) is 17.3. The zero-order valence-electron chi connectivity index (χ0n) is 36.6. The van der Waals surface area contributed by atoms with Crippen LogP contribution in [0.15, 0.2) is 160 Å². The summed E-state index contributed by atoms with van der Waals surface area (Å²) in [6.45, 7) is 0.496. The fourth-order valence-corrected chi connectivity index (χ4v) is 12.5. The van der Waals surface area contributed by atoms with Crippen LogP contribution in [0.3, 0.4) is 0 Å². The zero-order valence-corrected chi connectivity index (χ0v) is 39.1. The van der Waals surface area contributed by atoms with Gasteiger partial charge in [0.2, 0.25) is 20.0 Å². The lowest BCUT2D eigenvalue weighted by Crippen LogP contribution is -2.38. The predicted octanol–water partition coefficient (Wildman–Crippen LogP) is 8.83. The highest BCUT2D eigenvalue weighted by Gasteiger charge is 2.31. The molecule has 1 saturated carbocycles. The normalized spacial score (nSPS) is 15.6. The maximum Gasteiger partial charge on any atom is 0.263 e. The second-order valence-corrected chi connectivity index (χ2v) is 22.4. The standard InChI is InChI=1S/C50H53N5O8S3/c1-54(43-13-4-2-5-14-43)65(59,60)45-25-23-42(24-26-45)52-50(56)36-63-48-18-9-8-17-47(48)40-21-19-39(20-22-40)41-12-10-11-38(34-41)33-37-29-31-55(32-30-37)66(61,62)46-27-28-49(51-35-46)53-64(57,58)44-15-6-3-7-16-44/h3,6-12,15-28,34-35,37,43H,2,4-5,13-14,29-33,36H2,1H3,(H,51,53)(H,52,56). The lowest BCUT2D eigenvalue weighted by atomic mass is 9.89. The van der Waals surface area contributed by atoms with Gasteiger partial charge >= 0.3 is 0 Å². The Morgan fingerprint density at radius 2 is 1.35 bits per heavy atom. The molecule has 0 unspecified atom stereocenters. The van der Waals surface area contributed by atoms with Crippen molar-refractivity contribution in [2.45, 2.75) is 72.1 Å². The third kappa shape index (κ3) is 11.0. The highest BCUT2D eigenvalue weighted by atomic mass is 32.2. The first kappa shape index (κ1) is 46.6. The van der Waals surface area contributed by atoms with Gasteiger partial charge in [0.25, 0.3) is 15.9 Å². The Kier molecular flexibility index (Phi) is 14.3. The predicted molar refractivity (Wildman–Crippen MR) is 256 cm³/mol. The summed E-state index contributed by atoms with van der Waals surface area (Å²) in [5.41, 5.74) is 5.48. The number of hydrogen-bond acceptors (Lipinski definition) is 9. The number of pyridine rings is 1. The second-order valence-electron chi connectivity index (χ2n) is 16.8. The van der Waals surface area contributed by atoms with E-state index in [1.165, 1.54) is 51.2 Å². The van der Waals surface area contributed by atoms with E-state index in [2.05, 4.69) is 45.4 Å². The number of rotatable bonds is 16. The van der Waals surface area contributed by atoms with E-state index in [1.807, 2.05) is 42.5 Å². The van der Waals surface area contributed by atoms with Gasteiger partial charge in [-0.1, -0.05) is 104 Å². The molecule has 13 nitrogen and oxygen atoms in total. The van der Waals surface area contributed by atoms with Crippen LogP contribution in [0.5, 0.6) is 5.75 Å². The topological polar surface area (TPSA) is 172 Å². The lowest BCUT2D eigenvalue weighted by molar-refractivity contribution is -0.118. The Labute approximate surface area is 388 Å². The van der Waals surface area contributed by atoms with Crippen LogP contribution in [0.2, 0.25) is 0 Å². The molecule has 344 valence electrons. The molecule has 1 saturated heterocycles. The molecule has 66 heavy (non-hydrogen) atoms. The minimum atomic E-state index is -3.86. The quantitative estimate of drug-likeness (QED) is 0.0962. The summed E-state index contributed by atoms with van der Waals surface area (Å²) in [5, 5.41) is 2.81. The maximum absolute atomic E-state index is 13.5. The number of anilines is 2. The smallest absolute Gasteiger partial charge is 0.263 e. The molecule has 0 radical (unpaired) electrons. The monoisotopic (exact) mass is 947 g/mol. The Morgan fingerprint density at radius 1 is 0.682 bits per heavy atom. The molecular formula is C50H53N5O8S3. The van der Waals surface area contributed by atoms with Crippen LogP contribution < -0.4 is 14.8 Å². The van der Waals surface area contributed by atoms with Crippen molar-refractivity contribution in [2.75, 3.05) is 36.8 Å². The number of nitrogens with zero attached hydrogens (tertiary/aromatic N) is 3. The molecule has 2 heterocycles. The van der Waals surface area contributed by atoms with Gasteiger partial charge < -0.3 is 10.1 Å². The SMILES string of the molecule is CN(C1CCCCC1)S(=O)(=O)c1ccc(NC(=O)COc2ccccc2-c2ccc(-c3cccc(CC4CCN(S(=O)(=O)c5ccc(NS(=O)(=O)c6ccccc6)nc5)CC4)c3)cc2)cc1. The number of benzene rings is 5. The van der Waals surface area contributed by atoms with Crippen LogP contribution in [0.1, 0.15) is 50.5 Å². The Balaban J connectivity index is 0.828. The van der Waals surface area contributed by atoms with Crippen LogP contribution in [-0.4, -0.2) is 77.5 Å². The molecule has 2 N–H and O–H groups in total. The number of aromatic nitrogens is 1. The summed E-state index contributed by atoms with van der Waals surface area (Å²) in [6, 6.07) is 40.9. The number of ether oxygens (including phenoxy) is 1. The first-order valence-corrected chi connectivity index (χ1v) is 26.5. The summed E-state index contributed by atoms with van der Waals surface area (Å²) in [5.74, 6) is 0.496. The molecule has 0 bridgehead atoms. The van der Waals surface area contributed by atoms with Crippen molar-refractivity contribution in [1.29, 1.82) is 0 Å². The molecule has 2 aliphatic rings. The molecule has 0 spiro atoms. The van der Waals surface area contributed by atoms with Crippen molar-refractivity contribution in [3.05, 3.63) is 151 Å². The molecular weight excluding hydrogens is 895 g/mol. The summed E-state index contributed by atoms with van der Waals surface area (Å²) < 4.78 is 90.3. The Bertz CT molecular complexity index is 2960. The largest absolute Gasteiger partial charge is 0.483 e. The average molecular weight is 948 g/mol. The van der Waals surface area contributed by atoms with Crippen molar-refractivity contribution < 1.29 is 34.8 Å². The van der Waals surface area contributed by atoms with Crippen LogP contribution in [0.4, 0.5) is 11.5 Å². The van der Waals surface area contributed by atoms with Gasteiger partial charge in [-0.05, 0) is 115 Å². The van der Waals surface area contributed by atoms with Crippen molar-refractivity contribution in [1.82, 2.24) is 13.6 Å². The van der Waals surface area contributed by atoms with Gasteiger partial charge in [0, 0.05) is 43.6 Å². The third-order valence-corrected chi connectivity index (χ3v) is 17.5. The lowest BCUT2D eigenvalue weighted by Gasteiger charge is -2.31. The number of hydrogen-bond donors (Lipinski definition) is 2. The molecule has 8 rings (SSSR count). The van der Waals surface area contributed by atoms with E-state index in [9.17, 15) is 30.0 Å². The van der Waals surface area contributed by atoms with E-state index in [0.29, 0.717) is 43.3 Å². The van der Waals surface area contributed by atoms with Gasteiger partial charge in [-0.25, -0.2) is 30.2 Å². The van der Waals surface area contributed by atoms with E-state index < -0.39 is 30.1 Å². The van der Waals surface area contributed by atoms with E-state index in [-0.39, 0.29) is 39.1 Å². The number of carbonyl (C=O) groups is 1. The van der Waals surface area contributed by atoms with Gasteiger partial charge in [-0.2, -0.15) is 8.61 Å². The van der Waals surface area contributed by atoms with E-state index >= 15 is 0 Å². The number of carbonyl (C=O) groups excluding carboxylic acids is 1. The molecule has 1 aromatic heterocycles. The molecule has 6 aromatic rings. The van der Waals surface area contributed by atoms with Crippen molar-refractivity contribution >= 4 is 47.5 Å². The summed E-state index contributed by atoms with van der Waals surface area (Å²) >= 11 is 0. The van der Waals surface area contributed by atoms with Gasteiger partial charge in [-0.3, -0.25) is 9.52 Å². The number of para-hydroxylation sites is 1. The summed E-state index contributed by atoms with van der Waals surface area (Å²) in [6.07, 6.45) is 8.32. The van der Waals surface area contributed by atoms with Crippen molar-refractivity contribution in [2.24, 2.45) is 5.92 Å². The highest BCUT2D eigenvalue weighted by Crippen LogP contribution is 2.33. The molecule has 5 aromatic carbocycles. The van der Waals surface area contributed by atoms with Gasteiger partial charge in [0.05, 0.1) is 9.79 Å². The number of piperidine rings is 1. The highest BCUT2D eigenvalue weighted by molar-refractivity contribution is 7.92. The second kappa shape index (κ2) is 20.3. The Morgan fingerprint density at radius 3 is 2.05 bits per heavy atom. The number of sulfonamides is 3. The van der Waals surface area contributed by atoms with Crippen LogP contribution >= 0.6 is 0 Å². The van der Waals surface area contributed by atoms with Crippen LogP contribution in [-0.2, 0) is 41.3 Å². The van der Waals surface area contributed by atoms with Gasteiger partial charge in [0.15, 0.2) is 6.61 Å². The molecule has 2 fully saturated rings. The minimum Gasteiger partial charge on any atom is -0.483 e. The Hall–Kier alpha value is -5.91. The van der Waals surface area contributed by atoms with Crippen LogP contribution in [0.25, 0.3) is 22.3 Å².